The molecule has 1 aliphatic heterocycles. The number of rotatable bonds is 5. The summed E-state index contributed by atoms with van der Waals surface area (Å²) in [6.45, 7) is 1.98. The van der Waals surface area contributed by atoms with Crippen LogP contribution in [0.1, 0.15) is 41.0 Å². The highest BCUT2D eigenvalue weighted by Crippen LogP contribution is 2.27. The first-order valence-electron chi connectivity index (χ1n) is 8.42. The highest BCUT2D eigenvalue weighted by Gasteiger charge is 2.23. The fourth-order valence-electron chi connectivity index (χ4n) is 3.05. The van der Waals surface area contributed by atoms with Crippen LogP contribution in [0.25, 0.3) is 0 Å². The van der Waals surface area contributed by atoms with E-state index in [9.17, 15) is 15.0 Å². The third-order valence-corrected chi connectivity index (χ3v) is 4.69. The molecule has 27 heavy (non-hydrogen) atoms. The van der Waals surface area contributed by atoms with Gasteiger partial charge in [0, 0.05) is 0 Å². The predicted octanol–water partition coefficient (Wildman–Crippen LogP) is 2.26. The first-order chi connectivity index (χ1) is 12.9. The first-order valence-corrected chi connectivity index (χ1v) is 8.79. The van der Waals surface area contributed by atoms with E-state index in [1.807, 2.05) is 13.0 Å². The van der Waals surface area contributed by atoms with Crippen molar-refractivity contribution < 1.29 is 19.7 Å². The molecule has 1 aromatic carbocycles. The van der Waals surface area contributed by atoms with E-state index in [1.54, 1.807) is 12.1 Å². The molecule has 3 rings (SSSR count). The minimum Gasteiger partial charge on any atom is -0.506 e. The molecule has 3 N–H and O–H groups in total. The van der Waals surface area contributed by atoms with Gasteiger partial charge < -0.3 is 20.3 Å². The van der Waals surface area contributed by atoms with Crippen molar-refractivity contribution in [2.75, 3.05) is 7.11 Å². The van der Waals surface area contributed by atoms with E-state index in [2.05, 4.69) is 15.3 Å². The molecular weight excluding hydrogens is 370 g/mol. The summed E-state index contributed by atoms with van der Waals surface area (Å²) in [6, 6.07) is 6.35. The van der Waals surface area contributed by atoms with Crippen molar-refractivity contribution in [2.45, 2.75) is 32.5 Å². The average molecular weight is 390 g/mol. The third-order valence-electron chi connectivity index (χ3n) is 4.37. The summed E-state index contributed by atoms with van der Waals surface area (Å²) in [5.41, 5.74) is 3.32. The van der Waals surface area contributed by atoms with E-state index in [0.29, 0.717) is 29.4 Å². The van der Waals surface area contributed by atoms with E-state index < -0.39 is 0 Å². The standard InChI is InChI=1S/C19H20ClN3O4/c1-10(11-3-4-14(20)16(25)6-11)22-17(26)7-13-5-12-8-21-19(27-2)18(12)15(9-24)23-13/h3-6,10,24-25H,7-9H2,1-2H3,(H,22,26)/t10-/m1/s1. The fourth-order valence-corrected chi connectivity index (χ4v) is 3.17. The number of phenols is 1. The second kappa shape index (κ2) is 7.94. The van der Waals surface area contributed by atoms with Crippen LogP contribution in [0.15, 0.2) is 29.3 Å². The number of aliphatic hydroxyl groups is 1. The molecule has 2 heterocycles. The van der Waals surface area contributed by atoms with Crippen LogP contribution in [0.5, 0.6) is 5.75 Å². The smallest absolute Gasteiger partial charge is 0.226 e. The van der Waals surface area contributed by atoms with Gasteiger partial charge >= 0.3 is 0 Å². The number of aromatic nitrogens is 1. The third kappa shape index (κ3) is 4.04. The molecule has 1 aromatic heterocycles. The van der Waals surface area contributed by atoms with Crippen molar-refractivity contribution in [3.63, 3.8) is 0 Å². The van der Waals surface area contributed by atoms with Crippen LogP contribution in [0.4, 0.5) is 0 Å². The molecule has 0 fully saturated rings. The quantitative estimate of drug-likeness (QED) is 0.727. The molecule has 0 unspecified atom stereocenters. The molecule has 1 amide bonds. The number of amides is 1. The molecule has 1 atom stereocenters. The SMILES string of the molecule is COC1=NCc2cc(CC(=O)N[C@H](C)c3ccc(Cl)c(O)c3)nc(CO)c21. The number of ether oxygens (including phenoxy) is 1. The molecule has 0 saturated heterocycles. The van der Waals surface area contributed by atoms with Gasteiger partial charge in [-0.1, -0.05) is 17.7 Å². The summed E-state index contributed by atoms with van der Waals surface area (Å²) in [5, 5.41) is 22.4. The number of nitrogens with one attached hydrogen (secondary N) is 1. The van der Waals surface area contributed by atoms with Crippen molar-refractivity contribution in [2.24, 2.45) is 4.99 Å². The molecule has 0 spiro atoms. The van der Waals surface area contributed by atoms with E-state index in [-0.39, 0.29) is 35.7 Å². The number of aromatic hydroxyl groups is 1. The Morgan fingerprint density at radius 3 is 2.85 bits per heavy atom. The summed E-state index contributed by atoms with van der Waals surface area (Å²) in [6.07, 6.45) is 0.0620. The largest absolute Gasteiger partial charge is 0.506 e. The van der Waals surface area contributed by atoms with Gasteiger partial charge in [-0.15, -0.1) is 0 Å². The summed E-state index contributed by atoms with van der Waals surface area (Å²) in [5.74, 6) is 0.199. The Morgan fingerprint density at radius 2 is 2.19 bits per heavy atom. The topological polar surface area (TPSA) is 104 Å². The van der Waals surface area contributed by atoms with Crippen LogP contribution < -0.4 is 5.32 Å². The highest BCUT2D eigenvalue weighted by atomic mass is 35.5. The molecule has 0 bridgehead atoms. The van der Waals surface area contributed by atoms with Crippen LogP contribution in [-0.4, -0.2) is 34.1 Å². The minimum atomic E-state index is -0.309. The van der Waals surface area contributed by atoms with Crippen molar-refractivity contribution in [1.82, 2.24) is 10.3 Å². The lowest BCUT2D eigenvalue weighted by atomic mass is 10.0. The van der Waals surface area contributed by atoms with Crippen LogP contribution >= 0.6 is 11.6 Å². The molecule has 1 aliphatic rings. The molecule has 142 valence electrons. The number of hydrogen-bond donors (Lipinski definition) is 3. The highest BCUT2D eigenvalue weighted by molar-refractivity contribution is 6.32. The van der Waals surface area contributed by atoms with Crippen LogP contribution in [0.3, 0.4) is 0 Å². The van der Waals surface area contributed by atoms with Gasteiger partial charge in [-0.25, -0.2) is 4.99 Å². The number of carbonyl (C=O) groups excluding carboxylic acids is 1. The molecule has 0 aliphatic carbocycles. The summed E-state index contributed by atoms with van der Waals surface area (Å²) < 4.78 is 5.21. The Morgan fingerprint density at radius 1 is 1.41 bits per heavy atom. The Balaban J connectivity index is 1.72. The number of fused-ring (bicyclic) bond motifs is 1. The fraction of sp³-hybridized carbons (Fsp3) is 0.316. The summed E-state index contributed by atoms with van der Waals surface area (Å²) in [7, 11) is 1.52. The van der Waals surface area contributed by atoms with E-state index in [1.165, 1.54) is 13.2 Å². The molecule has 2 aromatic rings. The van der Waals surface area contributed by atoms with Crippen LogP contribution in [0, 0.1) is 0 Å². The second-order valence-electron chi connectivity index (χ2n) is 6.25. The van der Waals surface area contributed by atoms with Crippen molar-refractivity contribution in [3.8, 4) is 5.75 Å². The molecule has 7 nitrogen and oxygen atoms in total. The predicted molar refractivity (Wildman–Crippen MR) is 101 cm³/mol. The lowest BCUT2D eigenvalue weighted by Gasteiger charge is -2.15. The van der Waals surface area contributed by atoms with Crippen molar-refractivity contribution >= 4 is 23.4 Å². The van der Waals surface area contributed by atoms with Gasteiger partial charge in [-0.3, -0.25) is 9.78 Å². The Kier molecular flexibility index (Phi) is 5.62. The molecule has 0 saturated carbocycles. The molecule has 0 radical (unpaired) electrons. The zero-order valence-corrected chi connectivity index (χ0v) is 15.7. The van der Waals surface area contributed by atoms with Gasteiger partial charge in [0.15, 0.2) is 0 Å². The van der Waals surface area contributed by atoms with Crippen LogP contribution in [-0.2, 0) is 29.1 Å². The Labute approximate surface area is 161 Å². The number of aliphatic hydroxyl groups excluding tert-OH is 1. The Hall–Kier alpha value is -2.64. The maximum Gasteiger partial charge on any atom is 0.226 e. The molecule has 8 heteroatoms. The summed E-state index contributed by atoms with van der Waals surface area (Å²) in [4.78, 5) is 21.1. The average Bonchev–Trinajstić information content (AvgIpc) is 3.06. The number of hydrogen-bond acceptors (Lipinski definition) is 6. The number of benzene rings is 1. The summed E-state index contributed by atoms with van der Waals surface area (Å²) >= 11 is 5.81. The van der Waals surface area contributed by atoms with Gasteiger partial charge in [-0.2, -0.15) is 0 Å². The molecular formula is C19H20ClN3O4. The number of halogens is 1. The Bertz CT molecular complexity index is 914. The first kappa shape index (κ1) is 19.1. The minimum absolute atomic E-state index is 0.0305. The van der Waals surface area contributed by atoms with Crippen LogP contribution in [0.2, 0.25) is 5.02 Å². The maximum atomic E-state index is 12.4. The van der Waals surface area contributed by atoms with Gasteiger partial charge in [0.2, 0.25) is 11.8 Å². The van der Waals surface area contributed by atoms with Gasteiger partial charge in [0.1, 0.15) is 5.75 Å². The normalized spacial score (nSPS) is 13.7. The number of nitrogens with zero attached hydrogens (tertiary/aromatic N) is 2. The lowest BCUT2D eigenvalue weighted by Crippen LogP contribution is -2.28. The zero-order chi connectivity index (χ0) is 19.6. The maximum absolute atomic E-state index is 12.4. The van der Waals surface area contributed by atoms with E-state index in [4.69, 9.17) is 16.3 Å². The lowest BCUT2D eigenvalue weighted by molar-refractivity contribution is -0.121. The van der Waals surface area contributed by atoms with Crippen molar-refractivity contribution in [3.05, 3.63) is 57.4 Å². The zero-order valence-electron chi connectivity index (χ0n) is 15.0. The van der Waals surface area contributed by atoms with Gasteiger partial charge in [0.05, 0.1) is 54.7 Å². The van der Waals surface area contributed by atoms with Crippen molar-refractivity contribution in [1.29, 1.82) is 0 Å². The number of pyridine rings is 1. The number of phenolic OH excluding ortho intramolecular Hbond substituents is 1. The van der Waals surface area contributed by atoms with E-state index in [0.717, 1.165) is 11.1 Å². The second-order valence-corrected chi connectivity index (χ2v) is 6.66. The van der Waals surface area contributed by atoms with Gasteiger partial charge in [0.25, 0.3) is 0 Å². The monoisotopic (exact) mass is 389 g/mol. The van der Waals surface area contributed by atoms with Gasteiger partial charge in [-0.05, 0) is 36.2 Å². The number of methoxy groups -OCH3 is 1. The number of aliphatic imine (C=N–C) groups is 1. The van der Waals surface area contributed by atoms with E-state index >= 15 is 0 Å². The number of carbonyl (C=O) groups is 1.